The lowest BCUT2D eigenvalue weighted by molar-refractivity contribution is -0.137. The highest BCUT2D eigenvalue weighted by atomic mass is 127. The van der Waals surface area contributed by atoms with Gasteiger partial charge in [0.2, 0.25) is 10.0 Å². The Hall–Kier alpha value is -0.350. The van der Waals surface area contributed by atoms with Crippen LogP contribution in [0.25, 0.3) is 0 Å². The fraction of sp³-hybridized carbons (Fsp3) is 0.250. The van der Waals surface area contributed by atoms with Crippen molar-refractivity contribution in [3.63, 3.8) is 0 Å². The van der Waals surface area contributed by atoms with Gasteiger partial charge in [-0.2, -0.15) is 13.2 Å². The minimum absolute atomic E-state index is 0.0294. The Kier molecular flexibility index (Phi) is 3.85. The molecule has 0 saturated heterocycles. The third-order valence-corrected chi connectivity index (χ3v) is 4.55. The number of alkyl halides is 3. The Morgan fingerprint density at radius 1 is 1.31 bits per heavy atom. The van der Waals surface area contributed by atoms with Crippen LogP contribution in [0, 0.1) is 3.57 Å². The summed E-state index contributed by atoms with van der Waals surface area (Å²) in [7, 11) is -2.52. The summed E-state index contributed by atoms with van der Waals surface area (Å²) in [4.78, 5) is -0.163. The Labute approximate surface area is 104 Å². The molecule has 0 radical (unpaired) electrons. The van der Waals surface area contributed by atoms with E-state index < -0.39 is 21.8 Å². The van der Waals surface area contributed by atoms with Gasteiger partial charge < -0.3 is 0 Å². The van der Waals surface area contributed by atoms with Crippen molar-refractivity contribution in [3.05, 3.63) is 27.3 Å². The van der Waals surface area contributed by atoms with E-state index in [0.29, 0.717) is 0 Å². The molecule has 0 saturated carbocycles. The van der Waals surface area contributed by atoms with Crippen molar-refractivity contribution >= 4 is 32.6 Å². The summed E-state index contributed by atoms with van der Waals surface area (Å²) in [5, 5.41) is 0. The van der Waals surface area contributed by atoms with E-state index in [9.17, 15) is 21.6 Å². The van der Waals surface area contributed by atoms with Crippen LogP contribution in [-0.4, -0.2) is 15.5 Å². The first-order valence-electron chi connectivity index (χ1n) is 3.99. The van der Waals surface area contributed by atoms with Crippen LogP contribution >= 0.6 is 22.6 Å². The Bertz CT molecular complexity index is 498. The summed E-state index contributed by atoms with van der Waals surface area (Å²) < 4.78 is 61.8. The molecule has 0 atom stereocenters. The highest BCUT2D eigenvalue weighted by molar-refractivity contribution is 14.1. The van der Waals surface area contributed by atoms with E-state index in [0.717, 1.165) is 18.2 Å². The molecule has 0 aliphatic rings. The van der Waals surface area contributed by atoms with Crippen LogP contribution in [0.15, 0.2) is 23.1 Å². The fourth-order valence-corrected chi connectivity index (χ4v) is 3.17. The van der Waals surface area contributed by atoms with Crippen molar-refractivity contribution in [2.45, 2.75) is 11.1 Å². The maximum atomic E-state index is 12.3. The molecule has 1 rings (SSSR count). The normalized spacial score (nSPS) is 12.8. The zero-order chi connectivity index (χ0) is 12.6. The van der Waals surface area contributed by atoms with E-state index in [4.69, 9.17) is 0 Å². The van der Waals surface area contributed by atoms with Crippen molar-refractivity contribution in [1.82, 2.24) is 4.72 Å². The lowest BCUT2D eigenvalue weighted by atomic mass is 10.2. The minimum atomic E-state index is -4.47. The zero-order valence-electron chi connectivity index (χ0n) is 7.97. The van der Waals surface area contributed by atoms with Gasteiger partial charge in [-0.3, -0.25) is 0 Å². The van der Waals surface area contributed by atoms with Crippen molar-refractivity contribution in [3.8, 4) is 0 Å². The molecule has 0 unspecified atom stereocenters. The molecule has 3 nitrogen and oxygen atoms in total. The van der Waals surface area contributed by atoms with Crippen LogP contribution in [0.5, 0.6) is 0 Å². The van der Waals surface area contributed by atoms with Crippen molar-refractivity contribution in [2.24, 2.45) is 0 Å². The van der Waals surface area contributed by atoms with Gasteiger partial charge in [-0.05, 0) is 47.8 Å². The molecule has 1 N–H and O–H groups in total. The van der Waals surface area contributed by atoms with Gasteiger partial charge in [0.1, 0.15) is 0 Å². The highest BCUT2D eigenvalue weighted by Gasteiger charge is 2.31. The second-order valence-electron chi connectivity index (χ2n) is 2.85. The molecule has 0 aliphatic carbocycles. The Morgan fingerprint density at radius 3 is 2.25 bits per heavy atom. The number of halogens is 4. The lowest BCUT2D eigenvalue weighted by Gasteiger charge is -2.10. The monoisotopic (exact) mass is 365 g/mol. The predicted molar refractivity (Wildman–Crippen MR) is 60.4 cm³/mol. The topological polar surface area (TPSA) is 46.2 Å². The summed E-state index contributed by atoms with van der Waals surface area (Å²) in [6.45, 7) is 0. The van der Waals surface area contributed by atoms with E-state index >= 15 is 0 Å². The first-order chi connectivity index (χ1) is 7.18. The smallest absolute Gasteiger partial charge is 0.214 e. The van der Waals surface area contributed by atoms with E-state index in [-0.39, 0.29) is 8.47 Å². The number of sulfonamides is 1. The van der Waals surface area contributed by atoms with Crippen molar-refractivity contribution in [2.75, 3.05) is 7.05 Å². The standard InChI is InChI=1S/C8H7F3INO2S/c1-13-16(14,15)7-3-2-5(4-6(7)12)8(9,10)11/h2-4,13H,1H3. The average molecular weight is 365 g/mol. The van der Waals surface area contributed by atoms with Crippen LogP contribution < -0.4 is 4.72 Å². The van der Waals surface area contributed by atoms with Crippen LogP contribution in [0.3, 0.4) is 0 Å². The summed E-state index contributed by atoms with van der Waals surface area (Å²) in [6.07, 6.45) is -4.47. The second-order valence-corrected chi connectivity index (χ2v) is 5.87. The number of hydrogen-bond acceptors (Lipinski definition) is 2. The molecule has 0 heterocycles. The van der Waals surface area contributed by atoms with Crippen molar-refractivity contribution in [1.29, 1.82) is 0 Å². The SMILES string of the molecule is CNS(=O)(=O)c1ccc(C(F)(F)F)cc1I. The quantitative estimate of drug-likeness (QED) is 0.818. The number of hydrogen-bond donors (Lipinski definition) is 1. The van der Waals surface area contributed by atoms with Gasteiger partial charge in [0.05, 0.1) is 10.5 Å². The van der Waals surface area contributed by atoms with Gasteiger partial charge in [-0.1, -0.05) is 0 Å². The first-order valence-corrected chi connectivity index (χ1v) is 6.55. The van der Waals surface area contributed by atoms with Crippen LogP contribution in [0.1, 0.15) is 5.56 Å². The minimum Gasteiger partial charge on any atom is -0.214 e. The van der Waals surface area contributed by atoms with Gasteiger partial charge in [0.15, 0.2) is 0 Å². The molecule has 0 aromatic heterocycles. The molecular formula is C8H7F3INO2S. The number of benzene rings is 1. The maximum absolute atomic E-state index is 12.3. The van der Waals surface area contributed by atoms with Gasteiger partial charge in [-0.15, -0.1) is 0 Å². The van der Waals surface area contributed by atoms with Gasteiger partial charge >= 0.3 is 6.18 Å². The largest absolute Gasteiger partial charge is 0.416 e. The summed E-state index contributed by atoms with van der Waals surface area (Å²) >= 11 is 1.56. The molecular weight excluding hydrogens is 358 g/mol. The van der Waals surface area contributed by atoms with Gasteiger partial charge in [0.25, 0.3) is 0 Å². The molecule has 1 aromatic rings. The zero-order valence-corrected chi connectivity index (χ0v) is 10.9. The molecule has 1 aromatic carbocycles. The predicted octanol–water partition coefficient (Wildman–Crippen LogP) is 2.22. The van der Waals surface area contributed by atoms with Crippen LogP contribution in [0.2, 0.25) is 0 Å². The summed E-state index contributed by atoms with van der Waals surface area (Å²) in [6, 6.07) is 2.48. The third kappa shape index (κ3) is 2.86. The van der Waals surface area contributed by atoms with E-state index in [1.807, 2.05) is 4.72 Å². The Morgan fingerprint density at radius 2 is 1.88 bits per heavy atom. The molecule has 0 spiro atoms. The molecule has 90 valence electrons. The van der Waals surface area contributed by atoms with Gasteiger partial charge in [-0.25, -0.2) is 13.1 Å². The van der Waals surface area contributed by atoms with E-state index in [1.165, 1.54) is 7.05 Å². The average Bonchev–Trinajstić information content (AvgIpc) is 2.16. The molecule has 0 bridgehead atoms. The second kappa shape index (κ2) is 4.49. The molecule has 0 amide bonds. The van der Waals surface area contributed by atoms with E-state index in [1.54, 1.807) is 22.6 Å². The molecule has 16 heavy (non-hydrogen) atoms. The Balaban J connectivity index is 3.32. The lowest BCUT2D eigenvalue weighted by Crippen LogP contribution is -2.20. The fourth-order valence-electron chi connectivity index (χ4n) is 1.01. The number of nitrogens with one attached hydrogen (secondary N) is 1. The van der Waals surface area contributed by atoms with Gasteiger partial charge in [0, 0.05) is 3.57 Å². The third-order valence-electron chi connectivity index (χ3n) is 1.82. The molecule has 8 heteroatoms. The highest BCUT2D eigenvalue weighted by Crippen LogP contribution is 2.31. The van der Waals surface area contributed by atoms with Crippen molar-refractivity contribution < 1.29 is 21.6 Å². The molecule has 0 aliphatic heterocycles. The van der Waals surface area contributed by atoms with E-state index in [2.05, 4.69) is 0 Å². The maximum Gasteiger partial charge on any atom is 0.416 e. The first kappa shape index (κ1) is 13.7. The molecule has 0 fully saturated rings. The summed E-state index contributed by atoms with van der Waals surface area (Å²) in [5.74, 6) is 0. The van der Waals surface area contributed by atoms with Crippen LogP contribution in [-0.2, 0) is 16.2 Å². The summed E-state index contributed by atoms with van der Waals surface area (Å²) in [5.41, 5.74) is -0.869. The number of rotatable bonds is 2. The van der Waals surface area contributed by atoms with Crippen LogP contribution in [0.4, 0.5) is 13.2 Å².